The molecule has 0 aliphatic heterocycles. The minimum Gasteiger partial charge on any atom is -0.497 e. The molecule has 0 radical (unpaired) electrons. The average Bonchev–Trinajstić information content (AvgIpc) is 3.22. The molecule has 2 aromatic heterocycles. The predicted octanol–water partition coefficient (Wildman–Crippen LogP) is 1.45. The van der Waals surface area contributed by atoms with Crippen LogP contribution in [0.1, 0.15) is 17.2 Å². The summed E-state index contributed by atoms with van der Waals surface area (Å²) in [6, 6.07) is 5.26. The Kier molecular flexibility index (Phi) is 4.02. The van der Waals surface area contributed by atoms with Gasteiger partial charge in [0.15, 0.2) is 11.6 Å². The number of aliphatic hydroxyl groups is 1. The van der Waals surface area contributed by atoms with Crippen molar-refractivity contribution in [1.29, 1.82) is 0 Å². The predicted molar refractivity (Wildman–Crippen MR) is 88.1 cm³/mol. The summed E-state index contributed by atoms with van der Waals surface area (Å²) in [7, 11) is 6.79. The highest BCUT2D eigenvalue weighted by Gasteiger charge is 2.41. The number of nitrogens with zero attached hydrogens (tertiary/aromatic N) is 4. The molecule has 0 saturated carbocycles. The number of hydrogen-bond donors (Lipinski definition) is 1. The van der Waals surface area contributed by atoms with Crippen LogP contribution in [0.25, 0.3) is 0 Å². The van der Waals surface area contributed by atoms with Crippen molar-refractivity contribution in [1.82, 2.24) is 19.1 Å². The van der Waals surface area contributed by atoms with Gasteiger partial charge in [-0.2, -0.15) is 0 Å². The van der Waals surface area contributed by atoms with Crippen LogP contribution in [0.4, 0.5) is 0 Å². The van der Waals surface area contributed by atoms with Crippen molar-refractivity contribution in [2.75, 3.05) is 14.2 Å². The third-order valence-corrected chi connectivity index (χ3v) is 4.06. The molecular weight excluding hydrogens is 308 g/mol. The number of rotatable bonds is 5. The second kappa shape index (κ2) is 6.01. The fraction of sp³-hybridized carbons (Fsp3) is 0.294. The Labute approximate surface area is 140 Å². The second-order valence-electron chi connectivity index (χ2n) is 5.54. The zero-order valence-corrected chi connectivity index (χ0v) is 14.1. The lowest BCUT2D eigenvalue weighted by atomic mass is 9.91. The lowest BCUT2D eigenvalue weighted by molar-refractivity contribution is 0.0987. The first-order valence-corrected chi connectivity index (χ1v) is 7.42. The summed E-state index contributed by atoms with van der Waals surface area (Å²) in [5.74, 6) is 2.05. The molecule has 0 saturated heterocycles. The fourth-order valence-electron chi connectivity index (χ4n) is 2.80. The fourth-order valence-corrected chi connectivity index (χ4v) is 2.80. The van der Waals surface area contributed by atoms with Gasteiger partial charge in [-0.1, -0.05) is 0 Å². The van der Waals surface area contributed by atoms with Crippen molar-refractivity contribution >= 4 is 0 Å². The van der Waals surface area contributed by atoms with Crippen LogP contribution in [0.5, 0.6) is 11.5 Å². The first-order valence-electron chi connectivity index (χ1n) is 7.42. The van der Waals surface area contributed by atoms with E-state index >= 15 is 0 Å². The molecule has 0 fully saturated rings. The maximum atomic E-state index is 11.7. The minimum atomic E-state index is -1.56. The van der Waals surface area contributed by atoms with E-state index in [1.165, 1.54) is 0 Å². The van der Waals surface area contributed by atoms with Gasteiger partial charge in [-0.3, -0.25) is 0 Å². The smallest absolute Gasteiger partial charge is 0.206 e. The van der Waals surface area contributed by atoms with E-state index in [4.69, 9.17) is 9.47 Å². The number of imidazole rings is 2. The molecule has 24 heavy (non-hydrogen) atoms. The van der Waals surface area contributed by atoms with E-state index < -0.39 is 5.60 Å². The summed E-state index contributed by atoms with van der Waals surface area (Å²) in [6.07, 6.45) is 6.84. The largest absolute Gasteiger partial charge is 0.497 e. The van der Waals surface area contributed by atoms with Gasteiger partial charge in [-0.05, 0) is 12.1 Å². The number of methoxy groups -OCH3 is 2. The van der Waals surface area contributed by atoms with E-state index in [1.807, 2.05) is 14.1 Å². The normalized spacial score (nSPS) is 11.5. The second-order valence-corrected chi connectivity index (χ2v) is 5.54. The van der Waals surface area contributed by atoms with Gasteiger partial charge < -0.3 is 23.7 Å². The van der Waals surface area contributed by atoms with E-state index in [0.29, 0.717) is 28.7 Å². The van der Waals surface area contributed by atoms with Crippen LogP contribution in [0.2, 0.25) is 0 Å². The Morgan fingerprint density at radius 2 is 1.33 bits per heavy atom. The summed E-state index contributed by atoms with van der Waals surface area (Å²) in [4.78, 5) is 8.70. The summed E-state index contributed by atoms with van der Waals surface area (Å²) < 4.78 is 14.2. The zero-order chi connectivity index (χ0) is 17.3. The van der Waals surface area contributed by atoms with Gasteiger partial charge in [0.05, 0.1) is 14.2 Å². The Morgan fingerprint density at radius 1 is 0.875 bits per heavy atom. The van der Waals surface area contributed by atoms with Gasteiger partial charge >= 0.3 is 0 Å². The molecule has 0 spiro atoms. The molecule has 2 heterocycles. The summed E-state index contributed by atoms with van der Waals surface area (Å²) in [5.41, 5.74) is -1.000. The highest BCUT2D eigenvalue weighted by atomic mass is 16.5. The van der Waals surface area contributed by atoms with E-state index in [1.54, 1.807) is 66.3 Å². The zero-order valence-electron chi connectivity index (χ0n) is 14.1. The Morgan fingerprint density at radius 3 is 1.67 bits per heavy atom. The van der Waals surface area contributed by atoms with Crippen molar-refractivity contribution in [3.05, 3.63) is 60.2 Å². The monoisotopic (exact) mass is 328 g/mol. The van der Waals surface area contributed by atoms with E-state index in [2.05, 4.69) is 9.97 Å². The molecule has 7 nitrogen and oxygen atoms in total. The molecule has 0 aliphatic carbocycles. The van der Waals surface area contributed by atoms with Crippen molar-refractivity contribution in [3.8, 4) is 11.5 Å². The number of hydrogen-bond acceptors (Lipinski definition) is 5. The molecular formula is C17H20N4O3. The summed E-state index contributed by atoms with van der Waals surface area (Å²) in [5, 5.41) is 11.7. The average molecular weight is 328 g/mol. The van der Waals surface area contributed by atoms with Crippen LogP contribution in [0.15, 0.2) is 43.0 Å². The molecule has 0 atom stereocenters. The SMILES string of the molecule is COc1cc(OC)cc(C(O)(c2nccn2C)c2nccn2C)c1. The molecule has 3 rings (SSSR count). The van der Waals surface area contributed by atoms with Crippen LogP contribution >= 0.6 is 0 Å². The number of aryl methyl sites for hydroxylation is 2. The Balaban J connectivity index is 2.31. The standard InChI is InChI=1S/C17H20N4O3/c1-20-7-5-18-15(20)17(22,16-19-6-8-21(16)2)12-9-13(23-3)11-14(10-12)24-4/h5-11,22H,1-4H3. The van der Waals surface area contributed by atoms with Crippen LogP contribution in [-0.4, -0.2) is 38.4 Å². The maximum Gasteiger partial charge on any atom is 0.206 e. The summed E-state index contributed by atoms with van der Waals surface area (Å²) in [6.45, 7) is 0. The van der Waals surface area contributed by atoms with Crippen LogP contribution < -0.4 is 9.47 Å². The molecule has 0 amide bonds. The van der Waals surface area contributed by atoms with Crippen LogP contribution in [0.3, 0.4) is 0 Å². The van der Waals surface area contributed by atoms with Crippen LogP contribution in [0, 0.1) is 0 Å². The van der Waals surface area contributed by atoms with E-state index in [0.717, 1.165) is 0 Å². The van der Waals surface area contributed by atoms with Gasteiger partial charge in [0.25, 0.3) is 0 Å². The highest BCUT2D eigenvalue weighted by Crippen LogP contribution is 2.38. The van der Waals surface area contributed by atoms with Crippen molar-refractivity contribution in [2.24, 2.45) is 14.1 Å². The van der Waals surface area contributed by atoms with Gasteiger partial charge in [-0.15, -0.1) is 0 Å². The highest BCUT2D eigenvalue weighted by molar-refractivity contribution is 5.46. The van der Waals surface area contributed by atoms with Gasteiger partial charge in [0.2, 0.25) is 5.60 Å². The molecule has 7 heteroatoms. The summed E-state index contributed by atoms with van der Waals surface area (Å²) >= 11 is 0. The molecule has 0 unspecified atom stereocenters. The number of benzene rings is 1. The molecule has 1 aromatic carbocycles. The molecule has 0 bridgehead atoms. The molecule has 1 N–H and O–H groups in total. The maximum absolute atomic E-state index is 11.7. The number of aromatic nitrogens is 4. The molecule has 3 aromatic rings. The van der Waals surface area contributed by atoms with Crippen molar-refractivity contribution in [3.63, 3.8) is 0 Å². The molecule has 126 valence electrons. The van der Waals surface area contributed by atoms with Crippen LogP contribution in [-0.2, 0) is 19.7 Å². The van der Waals surface area contributed by atoms with Crippen molar-refractivity contribution < 1.29 is 14.6 Å². The lowest BCUT2D eigenvalue weighted by Crippen LogP contribution is -2.35. The third-order valence-electron chi connectivity index (χ3n) is 4.06. The third kappa shape index (κ3) is 2.43. The van der Waals surface area contributed by atoms with Gasteiger partial charge in [-0.25, -0.2) is 9.97 Å². The molecule has 0 aliphatic rings. The van der Waals surface area contributed by atoms with E-state index in [9.17, 15) is 5.11 Å². The van der Waals surface area contributed by atoms with Gasteiger partial charge in [0, 0.05) is 50.5 Å². The van der Waals surface area contributed by atoms with Gasteiger partial charge in [0.1, 0.15) is 11.5 Å². The van der Waals surface area contributed by atoms with Crippen molar-refractivity contribution in [2.45, 2.75) is 5.60 Å². The van der Waals surface area contributed by atoms with E-state index in [-0.39, 0.29) is 0 Å². The Bertz CT molecular complexity index is 791. The quantitative estimate of drug-likeness (QED) is 0.767. The topological polar surface area (TPSA) is 74.3 Å². The minimum absolute atomic E-state index is 0.451. The number of ether oxygens (including phenoxy) is 2. The first kappa shape index (κ1) is 16.1. The first-order chi connectivity index (χ1) is 11.5. The lowest BCUT2D eigenvalue weighted by Gasteiger charge is -2.28. The Hall–Kier alpha value is -2.80.